The number of aromatic nitrogens is 1. The Hall–Kier alpha value is -1.81. The third-order valence-electron chi connectivity index (χ3n) is 5.77. The minimum atomic E-state index is 0.539. The lowest BCUT2D eigenvalue weighted by molar-refractivity contribution is 0.214. The number of halogens is 1. The zero-order chi connectivity index (χ0) is 20.1. The molecule has 0 amide bonds. The first-order valence-electron chi connectivity index (χ1n) is 10.2. The van der Waals surface area contributed by atoms with E-state index >= 15 is 0 Å². The number of H-pyrrole nitrogens is 1. The fourth-order valence-corrected chi connectivity index (χ4v) is 4.32. The van der Waals surface area contributed by atoms with Crippen molar-refractivity contribution in [3.8, 4) is 0 Å². The van der Waals surface area contributed by atoms with Crippen molar-refractivity contribution in [2.75, 3.05) is 33.2 Å². The highest BCUT2D eigenvalue weighted by Crippen LogP contribution is 2.34. The Balaban J connectivity index is 1.85. The van der Waals surface area contributed by atoms with Crippen molar-refractivity contribution in [1.29, 1.82) is 0 Å². The van der Waals surface area contributed by atoms with E-state index in [1.54, 1.807) is 0 Å². The maximum atomic E-state index is 6.05. The van der Waals surface area contributed by atoms with Gasteiger partial charge in [0, 0.05) is 34.7 Å². The van der Waals surface area contributed by atoms with Crippen LogP contribution in [0.1, 0.15) is 42.5 Å². The van der Waals surface area contributed by atoms with Crippen LogP contribution < -0.4 is 5.32 Å². The van der Waals surface area contributed by atoms with Crippen LogP contribution in [-0.2, 0) is 0 Å². The number of hydrogen-bond donors (Lipinski definition) is 2. The number of likely N-dealkylation sites (tertiary alicyclic amines) is 1. The van der Waals surface area contributed by atoms with Gasteiger partial charge in [-0.15, -0.1) is 0 Å². The Bertz CT molecular complexity index is 883. The molecular weight excluding hydrogens is 366 g/mol. The third-order valence-corrected chi connectivity index (χ3v) is 5.88. The Morgan fingerprint density at radius 2 is 2.11 bits per heavy atom. The summed E-state index contributed by atoms with van der Waals surface area (Å²) >= 11 is 6.05. The third kappa shape index (κ3) is 4.78. The zero-order valence-electron chi connectivity index (χ0n) is 17.3. The maximum absolute atomic E-state index is 6.05. The molecule has 1 aliphatic rings. The largest absolute Gasteiger partial charge is 0.354 e. The van der Waals surface area contributed by atoms with Gasteiger partial charge in [-0.3, -0.25) is 0 Å². The highest BCUT2D eigenvalue weighted by atomic mass is 35.5. The fourth-order valence-electron chi connectivity index (χ4n) is 4.20. The molecule has 1 aromatic heterocycles. The number of rotatable bonds is 7. The van der Waals surface area contributed by atoms with E-state index < -0.39 is 0 Å². The summed E-state index contributed by atoms with van der Waals surface area (Å²) in [6.45, 7) is 12.6. The molecule has 0 bridgehead atoms. The van der Waals surface area contributed by atoms with Gasteiger partial charge in [-0.25, -0.2) is 0 Å². The van der Waals surface area contributed by atoms with Gasteiger partial charge in [0.1, 0.15) is 0 Å². The van der Waals surface area contributed by atoms with Crippen LogP contribution >= 0.6 is 11.6 Å². The molecule has 1 aromatic carbocycles. The van der Waals surface area contributed by atoms with Crippen LogP contribution in [0.3, 0.4) is 0 Å². The van der Waals surface area contributed by atoms with Gasteiger partial charge in [-0.2, -0.15) is 0 Å². The molecule has 4 heteroatoms. The normalized spacial score (nSPS) is 17.1. The summed E-state index contributed by atoms with van der Waals surface area (Å²) < 4.78 is 0. The second-order valence-electron chi connectivity index (χ2n) is 7.70. The summed E-state index contributed by atoms with van der Waals surface area (Å²) in [5, 5.41) is 5.09. The molecule has 0 atom stereocenters. The van der Waals surface area contributed by atoms with Crippen LogP contribution in [-0.4, -0.2) is 43.1 Å². The smallest absolute Gasteiger partial charge is 0.0494 e. The monoisotopic (exact) mass is 397 g/mol. The molecule has 0 radical (unpaired) electrons. The average Bonchev–Trinajstić information content (AvgIpc) is 3.02. The molecule has 1 fully saturated rings. The van der Waals surface area contributed by atoms with Crippen molar-refractivity contribution in [3.05, 3.63) is 64.9 Å². The molecule has 1 saturated heterocycles. The lowest BCUT2D eigenvalue weighted by Gasteiger charge is -2.32. The topological polar surface area (TPSA) is 31.1 Å². The van der Waals surface area contributed by atoms with Crippen molar-refractivity contribution in [2.45, 2.75) is 32.6 Å². The van der Waals surface area contributed by atoms with Crippen LogP contribution in [0.4, 0.5) is 0 Å². The van der Waals surface area contributed by atoms with Gasteiger partial charge >= 0.3 is 0 Å². The van der Waals surface area contributed by atoms with E-state index in [4.69, 9.17) is 11.6 Å². The molecule has 2 heterocycles. The fraction of sp³-hybridized carbons (Fsp3) is 0.417. The molecule has 28 heavy (non-hydrogen) atoms. The summed E-state index contributed by atoms with van der Waals surface area (Å²) in [5.74, 6) is 0.654. The summed E-state index contributed by atoms with van der Waals surface area (Å²) in [7, 11) is 2.02. The first-order valence-corrected chi connectivity index (χ1v) is 10.6. The molecule has 2 aromatic rings. The maximum Gasteiger partial charge on any atom is 0.0494 e. The zero-order valence-corrected chi connectivity index (χ0v) is 18.1. The number of piperidine rings is 1. The molecule has 0 aliphatic carbocycles. The molecule has 0 saturated carbocycles. The first-order chi connectivity index (χ1) is 13.5. The van der Waals surface area contributed by atoms with E-state index in [0.29, 0.717) is 11.0 Å². The van der Waals surface area contributed by atoms with Crippen molar-refractivity contribution in [2.24, 2.45) is 0 Å². The van der Waals surface area contributed by atoms with Gasteiger partial charge < -0.3 is 15.2 Å². The Kier molecular flexibility index (Phi) is 7.17. The quantitative estimate of drug-likeness (QED) is 0.597. The van der Waals surface area contributed by atoms with Crippen LogP contribution in [0, 0.1) is 6.92 Å². The van der Waals surface area contributed by atoms with Gasteiger partial charge in [0.15, 0.2) is 0 Å². The molecule has 3 nitrogen and oxygen atoms in total. The van der Waals surface area contributed by atoms with Gasteiger partial charge in [0.05, 0.1) is 0 Å². The number of aromatic amines is 1. The standard InChI is InChI=1S/C24H32ClN3/c1-5-6-21(15-17(2)25)24-18(3)22-16-20(7-8-23(22)27-24)19-9-12-28(13-10-19)14-11-26-4/h5-8,15-16,19,26-27H,2,9-14H2,1,3-4H3/b6-5-,21-15+. The van der Waals surface area contributed by atoms with Crippen LogP contribution in [0.2, 0.25) is 0 Å². The molecule has 0 spiro atoms. The van der Waals surface area contributed by atoms with Crippen LogP contribution in [0.15, 0.2) is 48.0 Å². The van der Waals surface area contributed by atoms with Crippen molar-refractivity contribution in [1.82, 2.24) is 15.2 Å². The minimum Gasteiger partial charge on any atom is -0.354 e. The number of benzene rings is 1. The van der Waals surface area contributed by atoms with E-state index in [2.05, 4.69) is 53.0 Å². The first kappa shape index (κ1) is 20.9. The second-order valence-corrected chi connectivity index (χ2v) is 8.18. The number of nitrogens with one attached hydrogen (secondary N) is 2. The molecule has 1 aliphatic heterocycles. The predicted octanol–water partition coefficient (Wildman–Crippen LogP) is 5.59. The number of hydrogen-bond acceptors (Lipinski definition) is 2. The van der Waals surface area contributed by atoms with E-state index in [9.17, 15) is 0 Å². The van der Waals surface area contributed by atoms with Gasteiger partial charge in [-0.05, 0) is 87.7 Å². The van der Waals surface area contributed by atoms with Gasteiger partial charge in [0.25, 0.3) is 0 Å². The average molecular weight is 398 g/mol. The number of fused-ring (bicyclic) bond motifs is 1. The second kappa shape index (κ2) is 9.60. The van der Waals surface area contributed by atoms with Crippen molar-refractivity contribution < 1.29 is 0 Å². The van der Waals surface area contributed by atoms with Crippen molar-refractivity contribution >= 4 is 28.1 Å². The summed E-state index contributed by atoms with van der Waals surface area (Å²) in [5.41, 5.74) is 6.10. The van der Waals surface area contributed by atoms with Crippen molar-refractivity contribution in [3.63, 3.8) is 0 Å². The Morgan fingerprint density at radius 1 is 1.36 bits per heavy atom. The molecule has 2 N–H and O–H groups in total. The summed E-state index contributed by atoms with van der Waals surface area (Å²) in [6.07, 6.45) is 8.50. The van der Waals surface area contributed by atoms with Crippen LogP contribution in [0.5, 0.6) is 0 Å². The molecule has 150 valence electrons. The lowest BCUT2D eigenvalue weighted by atomic mass is 9.88. The number of aryl methyl sites for hydroxylation is 1. The molecule has 0 unspecified atom stereocenters. The predicted molar refractivity (Wildman–Crippen MR) is 123 cm³/mol. The lowest BCUT2D eigenvalue weighted by Crippen LogP contribution is -2.37. The van der Waals surface area contributed by atoms with Crippen LogP contribution in [0.25, 0.3) is 16.5 Å². The summed E-state index contributed by atoms with van der Waals surface area (Å²) in [4.78, 5) is 6.15. The number of likely N-dealkylation sites (N-methyl/N-ethyl adjacent to an activating group) is 1. The van der Waals surface area contributed by atoms with E-state index in [1.807, 2.05) is 26.1 Å². The minimum absolute atomic E-state index is 0.539. The Labute approximate surface area is 174 Å². The van der Waals surface area contributed by atoms with E-state index in [1.165, 1.54) is 48.0 Å². The SMILES string of the molecule is C=C(Cl)/C=C(\C=C/C)c1[nH]c2ccc(C3CCN(CCNC)CC3)cc2c1C. The molecular formula is C24H32ClN3. The van der Waals surface area contributed by atoms with E-state index in [0.717, 1.165) is 24.4 Å². The Morgan fingerprint density at radius 3 is 2.75 bits per heavy atom. The number of nitrogens with zero attached hydrogens (tertiary/aromatic N) is 1. The van der Waals surface area contributed by atoms with E-state index in [-0.39, 0.29) is 0 Å². The van der Waals surface area contributed by atoms with Gasteiger partial charge in [-0.1, -0.05) is 36.4 Å². The summed E-state index contributed by atoms with van der Waals surface area (Å²) in [6, 6.07) is 6.92. The van der Waals surface area contributed by atoms with Gasteiger partial charge in [0.2, 0.25) is 0 Å². The number of allylic oxidation sites excluding steroid dienone is 5. The highest BCUT2D eigenvalue weighted by Gasteiger charge is 2.21. The molecule has 3 rings (SSSR count). The highest BCUT2D eigenvalue weighted by molar-refractivity contribution is 6.31.